The van der Waals surface area contributed by atoms with Gasteiger partial charge in [-0.1, -0.05) is 81.4 Å². The molecule has 1 unspecified atom stereocenters. The molecule has 4 nitrogen and oxygen atoms in total. The van der Waals surface area contributed by atoms with Crippen molar-refractivity contribution in [2.24, 2.45) is 0 Å². The summed E-state index contributed by atoms with van der Waals surface area (Å²) < 4.78 is 16.3. The van der Waals surface area contributed by atoms with Crippen LogP contribution < -0.4 is 15.1 Å². The van der Waals surface area contributed by atoms with Crippen LogP contribution in [0.5, 0.6) is 5.88 Å². The van der Waals surface area contributed by atoms with Crippen molar-refractivity contribution in [3.63, 3.8) is 0 Å². The van der Waals surface area contributed by atoms with Gasteiger partial charge in [0.2, 0.25) is 5.88 Å². The summed E-state index contributed by atoms with van der Waals surface area (Å²) in [5.41, 5.74) is 1.01. The predicted octanol–water partition coefficient (Wildman–Crippen LogP) is 4.13. The molecule has 0 spiro atoms. The van der Waals surface area contributed by atoms with Gasteiger partial charge in [-0.3, -0.25) is 0 Å². The summed E-state index contributed by atoms with van der Waals surface area (Å²) in [7, 11) is -2.59. The summed E-state index contributed by atoms with van der Waals surface area (Å²) in [6, 6.07) is 21.5. The Labute approximate surface area is 187 Å². The van der Waals surface area contributed by atoms with Gasteiger partial charge in [0.15, 0.2) is 0 Å². The SMILES string of the molecule is Cc1nn2c(c1I)OCC(O[Si](c1ccccc1)(c1ccccc1)C(C)(C)C)C2. The van der Waals surface area contributed by atoms with E-state index < -0.39 is 8.32 Å². The van der Waals surface area contributed by atoms with Crippen molar-refractivity contribution in [1.29, 1.82) is 0 Å². The number of hydrogen-bond acceptors (Lipinski definition) is 3. The summed E-state index contributed by atoms with van der Waals surface area (Å²) in [5, 5.41) is 7.18. The fraction of sp³-hybridized carbons (Fsp3) is 0.348. The summed E-state index contributed by atoms with van der Waals surface area (Å²) in [4.78, 5) is 0. The molecule has 1 aromatic heterocycles. The van der Waals surface area contributed by atoms with E-state index in [2.05, 4.69) is 109 Å². The first-order chi connectivity index (χ1) is 13.8. The van der Waals surface area contributed by atoms with Gasteiger partial charge in [0, 0.05) is 0 Å². The van der Waals surface area contributed by atoms with Gasteiger partial charge in [0.25, 0.3) is 8.32 Å². The van der Waals surface area contributed by atoms with Crippen LogP contribution in [0.1, 0.15) is 26.5 Å². The van der Waals surface area contributed by atoms with Crippen molar-refractivity contribution in [2.45, 2.75) is 45.4 Å². The Kier molecular flexibility index (Phi) is 5.61. The van der Waals surface area contributed by atoms with Gasteiger partial charge >= 0.3 is 0 Å². The molecule has 1 aliphatic heterocycles. The average Bonchev–Trinajstić information content (AvgIpc) is 2.99. The average molecular weight is 518 g/mol. The molecule has 152 valence electrons. The van der Waals surface area contributed by atoms with E-state index in [1.54, 1.807) is 0 Å². The molecule has 0 N–H and O–H groups in total. The Balaban J connectivity index is 1.79. The third-order valence-corrected chi connectivity index (χ3v) is 11.9. The van der Waals surface area contributed by atoms with E-state index in [1.165, 1.54) is 10.4 Å². The number of fused-ring (bicyclic) bond motifs is 1. The largest absolute Gasteiger partial charge is 0.474 e. The van der Waals surface area contributed by atoms with Gasteiger partial charge in [0.1, 0.15) is 6.61 Å². The Hall–Kier alpha value is -1.64. The Morgan fingerprint density at radius 1 is 1.03 bits per heavy atom. The fourth-order valence-corrected chi connectivity index (χ4v) is 9.43. The van der Waals surface area contributed by atoms with Crippen LogP contribution in [0.2, 0.25) is 5.04 Å². The lowest BCUT2D eigenvalue weighted by molar-refractivity contribution is 0.0660. The molecule has 0 radical (unpaired) electrons. The van der Waals surface area contributed by atoms with Gasteiger partial charge in [-0.15, -0.1) is 0 Å². The Morgan fingerprint density at radius 3 is 2.10 bits per heavy atom. The number of rotatable bonds is 4. The lowest BCUT2D eigenvalue weighted by Gasteiger charge is -2.45. The van der Waals surface area contributed by atoms with Gasteiger partial charge in [-0.2, -0.15) is 5.10 Å². The monoisotopic (exact) mass is 518 g/mol. The number of ether oxygens (including phenoxy) is 1. The number of halogens is 1. The van der Waals surface area contributed by atoms with Crippen LogP contribution in [0.4, 0.5) is 0 Å². The maximum Gasteiger partial charge on any atom is 0.261 e. The number of aromatic nitrogens is 2. The molecule has 1 aliphatic rings. The molecule has 0 amide bonds. The Bertz CT molecular complexity index is 944. The standard InChI is InChI=1S/C23H27IN2O2Si/c1-17-21(24)22-26(25-17)15-18(16-27-22)28-29(23(2,3)4,19-11-7-5-8-12-19)20-13-9-6-10-14-20/h5-14,18H,15-16H2,1-4H3. The van der Waals surface area contributed by atoms with Crippen LogP contribution >= 0.6 is 22.6 Å². The number of benzene rings is 2. The van der Waals surface area contributed by atoms with Crippen molar-refractivity contribution in [1.82, 2.24) is 9.78 Å². The van der Waals surface area contributed by atoms with E-state index >= 15 is 0 Å². The molecular formula is C23H27IN2O2Si. The second-order valence-electron chi connectivity index (χ2n) is 8.60. The highest BCUT2D eigenvalue weighted by atomic mass is 127. The molecule has 4 rings (SSSR count). The third kappa shape index (κ3) is 3.66. The van der Waals surface area contributed by atoms with Crippen LogP contribution in [0, 0.1) is 10.5 Å². The topological polar surface area (TPSA) is 36.3 Å². The minimum Gasteiger partial charge on any atom is -0.474 e. The van der Waals surface area contributed by atoms with Crippen molar-refractivity contribution in [3.8, 4) is 5.88 Å². The molecule has 0 bridgehead atoms. The number of nitrogens with zero attached hydrogens (tertiary/aromatic N) is 2. The zero-order valence-electron chi connectivity index (χ0n) is 17.4. The van der Waals surface area contributed by atoms with Crippen LogP contribution in [0.25, 0.3) is 0 Å². The minimum absolute atomic E-state index is 0.0512. The van der Waals surface area contributed by atoms with Crippen LogP contribution in [-0.4, -0.2) is 30.8 Å². The van der Waals surface area contributed by atoms with Crippen molar-refractivity contribution >= 4 is 41.3 Å². The van der Waals surface area contributed by atoms with Crippen LogP contribution in [0.15, 0.2) is 60.7 Å². The molecular weight excluding hydrogens is 491 g/mol. The summed E-state index contributed by atoms with van der Waals surface area (Å²) in [5.74, 6) is 0.866. The van der Waals surface area contributed by atoms with Gasteiger partial charge in [-0.25, -0.2) is 4.68 Å². The third-order valence-electron chi connectivity index (χ3n) is 5.55. The smallest absolute Gasteiger partial charge is 0.261 e. The zero-order valence-corrected chi connectivity index (χ0v) is 20.5. The summed E-state index contributed by atoms with van der Waals surface area (Å²) in [6.07, 6.45) is -0.0519. The maximum atomic E-state index is 7.17. The molecule has 29 heavy (non-hydrogen) atoms. The molecule has 0 saturated heterocycles. The molecule has 0 fully saturated rings. The maximum absolute atomic E-state index is 7.17. The molecule has 1 atom stereocenters. The van der Waals surface area contributed by atoms with Gasteiger partial charge < -0.3 is 9.16 Å². The van der Waals surface area contributed by atoms with E-state index in [0.29, 0.717) is 13.2 Å². The van der Waals surface area contributed by atoms with E-state index in [9.17, 15) is 0 Å². The van der Waals surface area contributed by atoms with Crippen LogP contribution in [-0.2, 0) is 11.0 Å². The summed E-state index contributed by atoms with van der Waals surface area (Å²) >= 11 is 2.31. The van der Waals surface area contributed by atoms with Crippen molar-refractivity contribution < 1.29 is 9.16 Å². The summed E-state index contributed by atoms with van der Waals surface area (Å²) in [6.45, 7) is 10.2. The van der Waals surface area contributed by atoms with E-state index in [1.807, 2.05) is 11.6 Å². The highest BCUT2D eigenvalue weighted by Gasteiger charge is 2.52. The first-order valence-electron chi connectivity index (χ1n) is 9.97. The molecule has 0 aliphatic carbocycles. The first kappa shape index (κ1) is 20.6. The number of hydrogen-bond donors (Lipinski definition) is 0. The normalized spacial score (nSPS) is 16.9. The quantitative estimate of drug-likeness (QED) is 0.385. The molecule has 2 heterocycles. The molecule has 2 aromatic carbocycles. The van der Waals surface area contributed by atoms with E-state index in [0.717, 1.165) is 15.1 Å². The van der Waals surface area contributed by atoms with Gasteiger partial charge in [0.05, 0.1) is 21.9 Å². The number of aryl methyl sites for hydroxylation is 1. The predicted molar refractivity (Wildman–Crippen MR) is 128 cm³/mol. The highest BCUT2D eigenvalue weighted by Crippen LogP contribution is 2.38. The fourth-order valence-electron chi connectivity index (χ4n) is 4.23. The lowest BCUT2D eigenvalue weighted by Crippen LogP contribution is -2.68. The molecule has 6 heteroatoms. The first-order valence-corrected chi connectivity index (χ1v) is 13.0. The molecule has 0 saturated carbocycles. The van der Waals surface area contributed by atoms with Crippen molar-refractivity contribution in [3.05, 3.63) is 69.9 Å². The minimum atomic E-state index is -2.59. The second kappa shape index (κ2) is 7.89. The van der Waals surface area contributed by atoms with Crippen LogP contribution in [0.3, 0.4) is 0 Å². The highest BCUT2D eigenvalue weighted by molar-refractivity contribution is 14.1. The Morgan fingerprint density at radius 2 is 1.59 bits per heavy atom. The second-order valence-corrected chi connectivity index (χ2v) is 13.9. The van der Waals surface area contributed by atoms with Gasteiger partial charge in [-0.05, 0) is 44.9 Å². The van der Waals surface area contributed by atoms with Crippen molar-refractivity contribution in [2.75, 3.05) is 6.61 Å². The van der Waals surface area contributed by atoms with E-state index in [4.69, 9.17) is 9.16 Å². The zero-order chi connectivity index (χ0) is 20.6. The van der Waals surface area contributed by atoms with E-state index in [-0.39, 0.29) is 11.1 Å². The lowest BCUT2D eigenvalue weighted by atomic mass is 10.2. The molecule has 3 aromatic rings.